The summed E-state index contributed by atoms with van der Waals surface area (Å²) in [6, 6.07) is 4.18. The smallest absolute Gasteiger partial charge is 0.317 e. The second-order valence-electron chi connectivity index (χ2n) is 5.24. The number of nitrogens with zero attached hydrogens (tertiary/aromatic N) is 2. The lowest BCUT2D eigenvalue weighted by Crippen LogP contribution is -2.42. The third-order valence-electron chi connectivity index (χ3n) is 3.17. The van der Waals surface area contributed by atoms with E-state index in [9.17, 15) is 9.90 Å². The fourth-order valence-electron chi connectivity index (χ4n) is 1.82. The normalized spacial score (nSPS) is 14.1. The number of hydrogen-bond donors (Lipinski definition) is 2. The molecule has 0 spiro atoms. The van der Waals surface area contributed by atoms with Gasteiger partial charge in [0.05, 0.1) is 12.1 Å². The minimum atomic E-state index is -0.383. The van der Waals surface area contributed by atoms with E-state index < -0.39 is 0 Å². The van der Waals surface area contributed by atoms with E-state index in [0.29, 0.717) is 19.5 Å². The van der Waals surface area contributed by atoms with Crippen molar-refractivity contribution in [2.45, 2.75) is 25.5 Å². The zero-order valence-electron chi connectivity index (χ0n) is 12.7. The van der Waals surface area contributed by atoms with Crippen molar-refractivity contribution in [1.29, 1.82) is 0 Å². The summed E-state index contributed by atoms with van der Waals surface area (Å²) in [5, 5.41) is 14.2. The molecule has 2 N–H and O–H groups in total. The number of urea groups is 1. The van der Waals surface area contributed by atoms with Crippen molar-refractivity contribution >= 4 is 17.4 Å². The third-order valence-corrected chi connectivity index (χ3v) is 4.14. The standard InChI is InChI=1S/C14H25N3O2S/c1-11(18)7-8-17(4)14(19)15-10-12(16(2)3)13-6-5-9-20-13/h5-6,9,11-12,18H,7-8,10H2,1-4H3,(H,15,19). The highest BCUT2D eigenvalue weighted by Crippen LogP contribution is 2.22. The molecule has 1 aromatic rings. The van der Waals surface area contributed by atoms with Crippen molar-refractivity contribution in [3.8, 4) is 0 Å². The maximum Gasteiger partial charge on any atom is 0.317 e. The van der Waals surface area contributed by atoms with E-state index in [2.05, 4.69) is 16.3 Å². The van der Waals surface area contributed by atoms with Crippen LogP contribution in [0.5, 0.6) is 0 Å². The summed E-state index contributed by atoms with van der Waals surface area (Å²) in [5.41, 5.74) is 0. The fraction of sp³-hybridized carbons (Fsp3) is 0.643. The lowest BCUT2D eigenvalue weighted by molar-refractivity contribution is 0.162. The molecule has 0 aromatic carbocycles. The van der Waals surface area contributed by atoms with Gasteiger partial charge in [0.2, 0.25) is 0 Å². The highest BCUT2D eigenvalue weighted by molar-refractivity contribution is 7.10. The number of hydrogen-bond acceptors (Lipinski definition) is 4. The Balaban J connectivity index is 2.45. The van der Waals surface area contributed by atoms with Gasteiger partial charge in [-0.05, 0) is 38.9 Å². The monoisotopic (exact) mass is 299 g/mol. The number of amides is 2. The van der Waals surface area contributed by atoms with Crippen LogP contribution in [0, 0.1) is 0 Å². The number of thiophene rings is 1. The summed E-state index contributed by atoms with van der Waals surface area (Å²) in [7, 11) is 5.76. The van der Waals surface area contributed by atoms with Gasteiger partial charge in [-0.25, -0.2) is 4.79 Å². The lowest BCUT2D eigenvalue weighted by Gasteiger charge is -2.25. The lowest BCUT2D eigenvalue weighted by atomic mass is 10.2. The molecule has 1 heterocycles. The molecule has 1 rings (SSSR count). The molecular formula is C14H25N3O2S. The topological polar surface area (TPSA) is 55.8 Å². The summed E-state index contributed by atoms with van der Waals surface area (Å²) in [6.07, 6.45) is 0.206. The zero-order valence-corrected chi connectivity index (χ0v) is 13.5. The Kier molecular flexibility index (Phi) is 6.98. The molecule has 5 nitrogen and oxygen atoms in total. The van der Waals surface area contributed by atoms with E-state index in [1.54, 1.807) is 30.2 Å². The van der Waals surface area contributed by atoms with Crippen LogP contribution in [-0.2, 0) is 0 Å². The van der Waals surface area contributed by atoms with Crippen molar-refractivity contribution in [2.75, 3.05) is 34.2 Å². The SMILES string of the molecule is CC(O)CCN(C)C(=O)NCC(c1cccs1)N(C)C. The molecule has 2 atom stereocenters. The molecule has 1 aromatic heterocycles. The highest BCUT2D eigenvalue weighted by atomic mass is 32.1. The molecule has 20 heavy (non-hydrogen) atoms. The number of nitrogens with one attached hydrogen (secondary N) is 1. The largest absolute Gasteiger partial charge is 0.393 e. The van der Waals surface area contributed by atoms with Crippen LogP contribution in [0.4, 0.5) is 4.79 Å². The van der Waals surface area contributed by atoms with Gasteiger partial charge in [0, 0.05) is 25.0 Å². The Hall–Kier alpha value is -1.11. The average Bonchev–Trinajstić information content (AvgIpc) is 2.89. The first kappa shape index (κ1) is 16.9. The van der Waals surface area contributed by atoms with Crippen LogP contribution in [0.3, 0.4) is 0 Å². The first-order valence-corrected chi connectivity index (χ1v) is 7.66. The minimum Gasteiger partial charge on any atom is -0.393 e. The van der Waals surface area contributed by atoms with Gasteiger partial charge in [0.15, 0.2) is 0 Å². The van der Waals surface area contributed by atoms with Crippen LogP contribution in [0.15, 0.2) is 17.5 Å². The summed E-state index contributed by atoms with van der Waals surface area (Å²) < 4.78 is 0. The Bertz CT molecular complexity index is 393. The van der Waals surface area contributed by atoms with Gasteiger partial charge in [0.1, 0.15) is 0 Å². The first-order valence-electron chi connectivity index (χ1n) is 6.78. The molecule has 114 valence electrons. The van der Waals surface area contributed by atoms with Crippen molar-refractivity contribution in [3.05, 3.63) is 22.4 Å². The van der Waals surface area contributed by atoms with Crippen molar-refractivity contribution in [1.82, 2.24) is 15.1 Å². The van der Waals surface area contributed by atoms with Gasteiger partial charge < -0.3 is 20.2 Å². The molecule has 2 unspecified atom stereocenters. The van der Waals surface area contributed by atoms with Crippen LogP contribution in [0.2, 0.25) is 0 Å². The predicted octanol–water partition coefficient (Wildman–Crippen LogP) is 1.76. The second-order valence-corrected chi connectivity index (χ2v) is 6.22. The van der Waals surface area contributed by atoms with Gasteiger partial charge in [-0.1, -0.05) is 6.07 Å². The zero-order chi connectivity index (χ0) is 15.1. The maximum atomic E-state index is 12.0. The molecule has 0 aliphatic rings. The van der Waals surface area contributed by atoms with Crippen LogP contribution < -0.4 is 5.32 Å². The van der Waals surface area contributed by atoms with E-state index in [0.717, 1.165) is 0 Å². The first-order chi connectivity index (χ1) is 9.41. The number of carbonyl (C=O) groups excluding carboxylic acids is 1. The Morgan fingerprint density at radius 1 is 1.45 bits per heavy atom. The number of carbonyl (C=O) groups is 1. The number of likely N-dealkylation sites (N-methyl/N-ethyl adjacent to an activating group) is 1. The van der Waals surface area contributed by atoms with Gasteiger partial charge in [-0.3, -0.25) is 0 Å². The number of aliphatic hydroxyl groups is 1. The highest BCUT2D eigenvalue weighted by Gasteiger charge is 2.17. The van der Waals surface area contributed by atoms with E-state index in [1.807, 2.05) is 25.5 Å². The molecule has 0 aliphatic heterocycles. The molecule has 0 radical (unpaired) electrons. The van der Waals surface area contributed by atoms with E-state index in [1.165, 1.54) is 4.88 Å². The molecule has 0 aliphatic carbocycles. The predicted molar refractivity (Wildman–Crippen MR) is 83.1 cm³/mol. The third kappa shape index (κ3) is 5.48. The van der Waals surface area contributed by atoms with Crippen LogP contribution >= 0.6 is 11.3 Å². The Morgan fingerprint density at radius 3 is 2.65 bits per heavy atom. The van der Waals surface area contributed by atoms with Crippen molar-refractivity contribution in [2.24, 2.45) is 0 Å². The van der Waals surface area contributed by atoms with Crippen LogP contribution in [0.1, 0.15) is 24.3 Å². The molecule has 0 bridgehead atoms. The molecule has 2 amide bonds. The fourth-order valence-corrected chi connectivity index (χ4v) is 2.74. The summed E-state index contributed by atoms with van der Waals surface area (Å²) >= 11 is 1.69. The van der Waals surface area contributed by atoms with Crippen LogP contribution in [-0.4, -0.2) is 61.3 Å². The van der Waals surface area contributed by atoms with E-state index in [-0.39, 0.29) is 18.2 Å². The average molecular weight is 299 g/mol. The van der Waals surface area contributed by atoms with Gasteiger partial charge in [0.25, 0.3) is 0 Å². The van der Waals surface area contributed by atoms with Gasteiger partial charge in [-0.2, -0.15) is 0 Å². The summed E-state index contributed by atoms with van der Waals surface area (Å²) in [5.74, 6) is 0. The quantitative estimate of drug-likeness (QED) is 0.807. The molecule has 0 saturated heterocycles. The Labute approximate surface area is 125 Å². The van der Waals surface area contributed by atoms with E-state index in [4.69, 9.17) is 0 Å². The molecular weight excluding hydrogens is 274 g/mol. The molecule has 0 fully saturated rings. The van der Waals surface area contributed by atoms with Crippen molar-refractivity contribution in [3.63, 3.8) is 0 Å². The van der Waals surface area contributed by atoms with E-state index >= 15 is 0 Å². The maximum absolute atomic E-state index is 12.0. The molecule has 6 heteroatoms. The van der Waals surface area contributed by atoms with Gasteiger partial charge >= 0.3 is 6.03 Å². The number of aliphatic hydroxyl groups excluding tert-OH is 1. The van der Waals surface area contributed by atoms with Gasteiger partial charge in [-0.15, -0.1) is 11.3 Å². The van der Waals surface area contributed by atoms with Crippen molar-refractivity contribution < 1.29 is 9.90 Å². The second kappa shape index (κ2) is 8.24. The van der Waals surface area contributed by atoms with Crippen LogP contribution in [0.25, 0.3) is 0 Å². The minimum absolute atomic E-state index is 0.103. The molecule has 0 saturated carbocycles. The number of rotatable bonds is 7. The summed E-state index contributed by atoms with van der Waals surface area (Å²) in [4.78, 5) is 16.9. The summed E-state index contributed by atoms with van der Waals surface area (Å²) in [6.45, 7) is 2.85. The Morgan fingerprint density at radius 2 is 2.15 bits per heavy atom.